The second-order valence-electron chi connectivity index (χ2n) is 9.91. The molecule has 0 radical (unpaired) electrons. The third kappa shape index (κ3) is 3.19. The van der Waals surface area contributed by atoms with Gasteiger partial charge in [0.15, 0.2) is 0 Å². The summed E-state index contributed by atoms with van der Waals surface area (Å²) in [6.07, 6.45) is 1.97. The van der Waals surface area contributed by atoms with Gasteiger partial charge in [-0.25, -0.2) is 4.39 Å². The first-order chi connectivity index (χ1) is 13.5. The van der Waals surface area contributed by atoms with E-state index < -0.39 is 0 Å². The zero-order valence-corrected chi connectivity index (χ0v) is 18.0. The van der Waals surface area contributed by atoms with Gasteiger partial charge in [0, 0.05) is 28.3 Å². The van der Waals surface area contributed by atoms with Crippen LogP contribution in [0.3, 0.4) is 0 Å². The van der Waals surface area contributed by atoms with Gasteiger partial charge < -0.3 is 9.51 Å². The standard InChI is InChI=1S/C26H28FNO/c1-25(2,3)19-13-16(14-20(24(19)29)26(4,5)6)23-18-11-10-17(27)15-22(18)28-12-8-7-9-21(23)28/h7-15,29H,1-6H3. The van der Waals surface area contributed by atoms with Crippen molar-refractivity contribution in [2.24, 2.45) is 0 Å². The van der Waals surface area contributed by atoms with E-state index >= 15 is 0 Å². The lowest BCUT2D eigenvalue weighted by molar-refractivity contribution is 0.423. The second-order valence-corrected chi connectivity index (χ2v) is 9.91. The van der Waals surface area contributed by atoms with Crippen LogP contribution >= 0.6 is 0 Å². The van der Waals surface area contributed by atoms with Gasteiger partial charge in [0.2, 0.25) is 0 Å². The molecule has 0 fully saturated rings. The third-order valence-electron chi connectivity index (χ3n) is 5.62. The fourth-order valence-electron chi connectivity index (χ4n) is 4.14. The van der Waals surface area contributed by atoms with Gasteiger partial charge in [0.25, 0.3) is 0 Å². The van der Waals surface area contributed by atoms with Crippen LogP contribution in [-0.2, 0) is 10.8 Å². The molecule has 0 saturated carbocycles. The van der Waals surface area contributed by atoms with Gasteiger partial charge >= 0.3 is 0 Å². The molecule has 2 heterocycles. The number of phenols is 1. The molecule has 0 spiro atoms. The number of benzene rings is 2. The summed E-state index contributed by atoms with van der Waals surface area (Å²) >= 11 is 0. The number of pyridine rings is 1. The summed E-state index contributed by atoms with van der Waals surface area (Å²) in [5.41, 5.74) is 5.40. The summed E-state index contributed by atoms with van der Waals surface area (Å²) < 4.78 is 16.1. The molecule has 150 valence electrons. The maximum atomic E-state index is 14.0. The summed E-state index contributed by atoms with van der Waals surface area (Å²) in [5.74, 6) is 0.122. The predicted octanol–water partition coefficient (Wildman–Crippen LogP) is 7.20. The average Bonchev–Trinajstić information content (AvgIpc) is 2.94. The molecule has 3 heteroatoms. The molecule has 29 heavy (non-hydrogen) atoms. The van der Waals surface area contributed by atoms with E-state index in [2.05, 4.69) is 59.7 Å². The molecule has 0 saturated heterocycles. The minimum atomic E-state index is -0.247. The molecule has 2 nitrogen and oxygen atoms in total. The fourth-order valence-corrected chi connectivity index (χ4v) is 4.14. The number of aromatic hydroxyl groups is 1. The zero-order chi connectivity index (χ0) is 21.1. The number of fused-ring (bicyclic) bond motifs is 3. The van der Waals surface area contributed by atoms with Crippen molar-refractivity contribution >= 4 is 16.4 Å². The number of nitrogens with zero attached hydrogens (tertiary/aromatic N) is 1. The van der Waals surface area contributed by atoms with Crippen LogP contribution in [-0.4, -0.2) is 9.51 Å². The molecule has 4 aromatic rings. The third-order valence-corrected chi connectivity index (χ3v) is 5.62. The topological polar surface area (TPSA) is 24.6 Å². The summed E-state index contributed by atoms with van der Waals surface area (Å²) in [5, 5.41) is 12.1. The van der Waals surface area contributed by atoms with Crippen LogP contribution in [0.15, 0.2) is 54.7 Å². The predicted molar refractivity (Wildman–Crippen MR) is 119 cm³/mol. The lowest BCUT2D eigenvalue weighted by Crippen LogP contribution is -2.17. The van der Waals surface area contributed by atoms with Crippen LogP contribution in [0.5, 0.6) is 5.75 Å². The Morgan fingerprint density at radius 2 is 1.41 bits per heavy atom. The summed E-state index contributed by atoms with van der Waals surface area (Å²) in [7, 11) is 0. The van der Waals surface area contributed by atoms with Gasteiger partial charge in [0.05, 0.1) is 11.0 Å². The molecule has 0 aliphatic heterocycles. The van der Waals surface area contributed by atoms with Crippen molar-refractivity contribution in [2.45, 2.75) is 52.4 Å². The molecular weight excluding hydrogens is 361 g/mol. The lowest BCUT2D eigenvalue weighted by Gasteiger charge is -2.28. The van der Waals surface area contributed by atoms with E-state index in [1.54, 1.807) is 6.07 Å². The minimum Gasteiger partial charge on any atom is -0.507 e. The monoisotopic (exact) mass is 389 g/mol. The van der Waals surface area contributed by atoms with Crippen LogP contribution in [0.25, 0.3) is 27.5 Å². The number of aromatic nitrogens is 1. The van der Waals surface area contributed by atoms with Gasteiger partial charge in [0.1, 0.15) is 11.6 Å². The normalized spacial score (nSPS) is 12.8. The van der Waals surface area contributed by atoms with E-state index in [-0.39, 0.29) is 16.6 Å². The van der Waals surface area contributed by atoms with Crippen molar-refractivity contribution in [3.8, 4) is 16.9 Å². The molecule has 0 aliphatic carbocycles. The van der Waals surface area contributed by atoms with E-state index in [9.17, 15) is 9.50 Å². The Labute approximate surface area is 171 Å². The van der Waals surface area contributed by atoms with Crippen LogP contribution < -0.4 is 0 Å². The first-order valence-corrected chi connectivity index (χ1v) is 10.0. The molecule has 4 rings (SSSR count). The molecule has 1 N–H and O–H groups in total. The number of rotatable bonds is 1. The Morgan fingerprint density at radius 1 is 0.793 bits per heavy atom. The highest BCUT2D eigenvalue weighted by Crippen LogP contribution is 2.44. The number of phenolic OH excluding ortho intramolecular Hbond substituents is 1. The van der Waals surface area contributed by atoms with Gasteiger partial charge in [-0.1, -0.05) is 47.6 Å². The molecule has 2 aromatic heterocycles. The number of hydrogen-bond donors (Lipinski definition) is 1. The smallest absolute Gasteiger partial charge is 0.125 e. The van der Waals surface area contributed by atoms with Gasteiger partial charge in [-0.2, -0.15) is 0 Å². The van der Waals surface area contributed by atoms with Crippen LogP contribution in [0.1, 0.15) is 52.7 Å². The number of hydrogen-bond acceptors (Lipinski definition) is 1. The van der Waals surface area contributed by atoms with Crippen molar-refractivity contribution in [3.63, 3.8) is 0 Å². The lowest BCUT2D eigenvalue weighted by atomic mass is 9.77. The maximum Gasteiger partial charge on any atom is 0.125 e. The minimum absolute atomic E-state index is 0.211. The molecule has 0 aliphatic rings. The summed E-state index contributed by atoms with van der Waals surface area (Å²) in [6, 6.07) is 15.2. The van der Waals surface area contributed by atoms with Crippen molar-refractivity contribution in [2.75, 3.05) is 0 Å². The number of halogens is 1. The summed E-state index contributed by atoms with van der Waals surface area (Å²) in [6.45, 7) is 12.7. The molecule has 0 amide bonds. The van der Waals surface area contributed by atoms with Crippen LogP contribution in [0, 0.1) is 5.82 Å². The van der Waals surface area contributed by atoms with Crippen LogP contribution in [0.2, 0.25) is 0 Å². The van der Waals surface area contributed by atoms with E-state index in [4.69, 9.17) is 0 Å². The second kappa shape index (κ2) is 6.35. The quantitative estimate of drug-likeness (QED) is 0.366. The molecular formula is C26H28FNO. The largest absolute Gasteiger partial charge is 0.507 e. The Hall–Kier alpha value is -2.81. The highest BCUT2D eigenvalue weighted by molar-refractivity contribution is 6.06. The van der Waals surface area contributed by atoms with Crippen molar-refractivity contribution in [1.82, 2.24) is 4.40 Å². The first kappa shape index (κ1) is 19.5. The Morgan fingerprint density at radius 3 is 2.00 bits per heavy atom. The molecule has 2 aromatic carbocycles. The SMILES string of the molecule is CC(C)(C)c1cc(-c2c3ccc(F)cc3n3ccccc23)cc(C(C)(C)C)c1O. The maximum absolute atomic E-state index is 14.0. The average molecular weight is 390 g/mol. The van der Waals surface area contributed by atoms with Gasteiger partial charge in [-0.15, -0.1) is 0 Å². The highest BCUT2D eigenvalue weighted by atomic mass is 19.1. The van der Waals surface area contributed by atoms with Gasteiger partial charge in [-0.05, 0) is 58.9 Å². The van der Waals surface area contributed by atoms with E-state index in [1.807, 2.05) is 28.8 Å². The van der Waals surface area contributed by atoms with E-state index in [1.165, 1.54) is 6.07 Å². The van der Waals surface area contributed by atoms with Crippen molar-refractivity contribution < 1.29 is 9.50 Å². The summed E-state index contributed by atoms with van der Waals surface area (Å²) in [4.78, 5) is 0. The fraction of sp³-hybridized carbons (Fsp3) is 0.308. The zero-order valence-electron chi connectivity index (χ0n) is 18.0. The molecule has 0 bridgehead atoms. The van der Waals surface area contributed by atoms with E-state index in [0.717, 1.165) is 38.7 Å². The molecule has 0 atom stereocenters. The Kier molecular flexibility index (Phi) is 4.27. The Balaban J connectivity index is 2.16. The van der Waals surface area contributed by atoms with E-state index in [0.29, 0.717) is 5.75 Å². The van der Waals surface area contributed by atoms with Crippen molar-refractivity contribution in [3.05, 3.63) is 71.7 Å². The highest BCUT2D eigenvalue weighted by Gasteiger charge is 2.28. The van der Waals surface area contributed by atoms with Crippen molar-refractivity contribution in [1.29, 1.82) is 0 Å². The van der Waals surface area contributed by atoms with Gasteiger partial charge in [-0.3, -0.25) is 0 Å². The molecule has 0 unspecified atom stereocenters. The first-order valence-electron chi connectivity index (χ1n) is 10.0. The Bertz CT molecular complexity index is 1200. The van der Waals surface area contributed by atoms with Crippen LogP contribution in [0.4, 0.5) is 4.39 Å².